The molecule has 0 bridgehead atoms. The van der Waals surface area contributed by atoms with E-state index in [0.717, 1.165) is 30.2 Å². The lowest BCUT2D eigenvalue weighted by atomic mass is 10.3. The standard InChI is InChI=1S/C12H20ClN3/c1-6-7-16(8(2)3)12-11(13)14-9(4)10(5)15-12/h8H,6-7H2,1-5H3. The van der Waals surface area contributed by atoms with E-state index in [0.29, 0.717) is 11.2 Å². The predicted octanol–water partition coefficient (Wildman–Crippen LogP) is 3.37. The van der Waals surface area contributed by atoms with Crippen molar-refractivity contribution in [2.45, 2.75) is 47.1 Å². The minimum absolute atomic E-state index is 0.383. The SMILES string of the molecule is CCCN(c1nc(C)c(C)nc1Cl)C(C)C. The molecule has 0 N–H and O–H groups in total. The van der Waals surface area contributed by atoms with Crippen molar-refractivity contribution < 1.29 is 0 Å². The maximum Gasteiger partial charge on any atom is 0.171 e. The Morgan fingerprint density at radius 1 is 1.19 bits per heavy atom. The fourth-order valence-corrected chi connectivity index (χ4v) is 1.87. The Hall–Kier alpha value is -0.830. The van der Waals surface area contributed by atoms with Crippen LogP contribution in [0, 0.1) is 13.8 Å². The van der Waals surface area contributed by atoms with Crippen molar-refractivity contribution in [1.29, 1.82) is 0 Å². The number of hydrogen-bond acceptors (Lipinski definition) is 3. The van der Waals surface area contributed by atoms with Crippen molar-refractivity contribution in [2.75, 3.05) is 11.4 Å². The topological polar surface area (TPSA) is 29.0 Å². The summed E-state index contributed by atoms with van der Waals surface area (Å²) >= 11 is 6.16. The van der Waals surface area contributed by atoms with E-state index >= 15 is 0 Å². The first-order valence-electron chi connectivity index (χ1n) is 5.74. The zero-order chi connectivity index (χ0) is 12.3. The van der Waals surface area contributed by atoms with Crippen LogP contribution >= 0.6 is 11.6 Å². The molecule has 0 saturated heterocycles. The Labute approximate surface area is 103 Å². The first-order valence-corrected chi connectivity index (χ1v) is 6.12. The summed E-state index contributed by atoms with van der Waals surface area (Å²) in [5, 5.41) is 0.505. The number of anilines is 1. The van der Waals surface area contributed by atoms with Gasteiger partial charge in [0.2, 0.25) is 0 Å². The summed E-state index contributed by atoms with van der Waals surface area (Å²) in [5.74, 6) is 0.807. The molecule has 0 saturated carbocycles. The molecule has 0 amide bonds. The lowest BCUT2D eigenvalue weighted by Gasteiger charge is -2.28. The third-order valence-corrected chi connectivity index (χ3v) is 2.86. The molecule has 0 radical (unpaired) electrons. The highest BCUT2D eigenvalue weighted by molar-refractivity contribution is 6.31. The van der Waals surface area contributed by atoms with Crippen LogP contribution < -0.4 is 4.90 Å². The van der Waals surface area contributed by atoms with Gasteiger partial charge in [-0.3, -0.25) is 0 Å². The summed E-state index contributed by atoms with van der Waals surface area (Å²) in [5.41, 5.74) is 1.84. The highest BCUT2D eigenvalue weighted by Crippen LogP contribution is 2.24. The first kappa shape index (κ1) is 13.2. The summed E-state index contributed by atoms with van der Waals surface area (Å²) in [7, 11) is 0. The Kier molecular flexibility index (Phi) is 4.54. The van der Waals surface area contributed by atoms with Crippen LogP contribution in [-0.4, -0.2) is 22.6 Å². The Balaban J connectivity index is 3.13. The van der Waals surface area contributed by atoms with Gasteiger partial charge in [-0.2, -0.15) is 0 Å². The van der Waals surface area contributed by atoms with Gasteiger partial charge < -0.3 is 4.90 Å². The molecule has 0 aliphatic heterocycles. The summed E-state index contributed by atoms with van der Waals surface area (Å²) in [6.07, 6.45) is 1.07. The number of nitrogens with zero attached hydrogens (tertiary/aromatic N) is 3. The van der Waals surface area contributed by atoms with Crippen LogP contribution in [0.2, 0.25) is 5.15 Å². The molecule has 1 aromatic heterocycles. The zero-order valence-electron chi connectivity index (χ0n) is 10.7. The van der Waals surface area contributed by atoms with Crippen LogP contribution in [0.15, 0.2) is 0 Å². The average molecular weight is 242 g/mol. The molecule has 16 heavy (non-hydrogen) atoms. The lowest BCUT2D eigenvalue weighted by molar-refractivity contribution is 0.658. The van der Waals surface area contributed by atoms with Crippen molar-refractivity contribution in [1.82, 2.24) is 9.97 Å². The first-order chi connectivity index (χ1) is 7.47. The average Bonchev–Trinajstić information content (AvgIpc) is 2.20. The molecule has 1 aromatic rings. The van der Waals surface area contributed by atoms with Crippen LogP contribution in [-0.2, 0) is 0 Å². The molecule has 90 valence electrons. The highest BCUT2D eigenvalue weighted by atomic mass is 35.5. The van der Waals surface area contributed by atoms with Gasteiger partial charge in [-0.1, -0.05) is 18.5 Å². The van der Waals surface area contributed by atoms with E-state index in [1.165, 1.54) is 0 Å². The molecule has 1 rings (SSSR count). The van der Waals surface area contributed by atoms with Crippen LogP contribution in [0.3, 0.4) is 0 Å². The maximum atomic E-state index is 6.16. The molecule has 0 fully saturated rings. The van der Waals surface area contributed by atoms with Gasteiger partial charge in [0.15, 0.2) is 11.0 Å². The van der Waals surface area contributed by atoms with Gasteiger partial charge >= 0.3 is 0 Å². The van der Waals surface area contributed by atoms with Crippen molar-refractivity contribution in [3.63, 3.8) is 0 Å². The second kappa shape index (κ2) is 5.48. The predicted molar refractivity (Wildman–Crippen MR) is 69.3 cm³/mol. The fourth-order valence-electron chi connectivity index (χ4n) is 1.60. The van der Waals surface area contributed by atoms with Gasteiger partial charge in [0.1, 0.15) is 0 Å². The maximum absolute atomic E-state index is 6.16. The number of rotatable bonds is 4. The zero-order valence-corrected chi connectivity index (χ0v) is 11.5. The third-order valence-electron chi connectivity index (χ3n) is 2.61. The van der Waals surface area contributed by atoms with Gasteiger partial charge in [0.05, 0.1) is 11.4 Å². The largest absolute Gasteiger partial charge is 0.352 e. The Morgan fingerprint density at radius 3 is 2.25 bits per heavy atom. The molecule has 3 nitrogen and oxygen atoms in total. The van der Waals surface area contributed by atoms with Crippen LogP contribution in [0.25, 0.3) is 0 Å². The van der Waals surface area contributed by atoms with Crippen LogP contribution in [0.1, 0.15) is 38.6 Å². The lowest BCUT2D eigenvalue weighted by Crippen LogP contribution is -2.33. The second-order valence-corrected chi connectivity index (χ2v) is 4.65. The quantitative estimate of drug-likeness (QED) is 0.809. The van der Waals surface area contributed by atoms with Crippen LogP contribution in [0.4, 0.5) is 5.82 Å². The molecule has 0 aliphatic carbocycles. The minimum Gasteiger partial charge on any atom is -0.352 e. The number of hydrogen-bond donors (Lipinski definition) is 0. The van der Waals surface area contributed by atoms with E-state index in [1.54, 1.807) is 0 Å². The molecule has 0 atom stereocenters. The molecule has 0 aromatic carbocycles. The van der Waals surface area contributed by atoms with Crippen molar-refractivity contribution >= 4 is 17.4 Å². The molecule has 0 aliphatic rings. The molecule has 0 spiro atoms. The number of aryl methyl sites for hydroxylation is 2. The third kappa shape index (κ3) is 2.85. The molecular weight excluding hydrogens is 222 g/mol. The minimum atomic E-state index is 0.383. The summed E-state index contributed by atoms with van der Waals surface area (Å²) in [6.45, 7) is 11.3. The van der Waals surface area contributed by atoms with Crippen molar-refractivity contribution in [3.8, 4) is 0 Å². The Morgan fingerprint density at radius 2 is 1.75 bits per heavy atom. The smallest absolute Gasteiger partial charge is 0.171 e. The highest BCUT2D eigenvalue weighted by Gasteiger charge is 2.16. The van der Waals surface area contributed by atoms with Crippen LogP contribution in [0.5, 0.6) is 0 Å². The van der Waals surface area contributed by atoms with Gasteiger partial charge in [0, 0.05) is 12.6 Å². The van der Waals surface area contributed by atoms with E-state index < -0.39 is 0 Å². The number of aromatic nitrogens is 2. The number of halogens is 1. The summed E-state index contributed by atoms with van der Waals surface area (Å²) in [6, 6.07) is 0.383. The second-order valence-electron chi connectivity index (χ2n) is 4.30. The van der Waals surface area contributed by atoms with E-state index in [4.69, 9.17) is 11.6 Å². The fraction of sp³-hybridized carbons (Fsp3) is 0.667. The van der Waals surface area contributed by atoms with Crippen molar-refractivity contribution in [2.24, 2.45) is 0 Å². The monoisotopic (exact) mass is 241 g/mol. The van der Waals surface area contributed by atoms with Crippen molar-refractivity contribution in [3.05, 3.63) is 16.5 Å². The van der Waals surface area contributed by atoms with Gasteiger partial charge in [-0.25, -0.2) is 9.97 Å². The molecule has 0 unspecified atom stereocenters. The summed E-state index contributed by atoms with van der Waals surface area (Å²) < 4.78 is 0. The normalized spacial score (nSPS) is 10.9. The molecule has 1 heterocycles. The van der Waals surface area contributed by atoms with Gasteiger partial charge in [-0.15, -0.1) is 0 Å². The molecule has 4 heteroatoms. The van der Waals surface area contributed by atoms with E-state index in [-0.39, 0.29) is 0 Å². The van der Waals surface area contributed by atoms with Gasteiger partial charge in [0.25, 0.3) is 0 Å². The molecular formula is C12H20ClN3. The van der Waals surface area contributed by atoms with E-state index in [9.17, 15) is 0 Å². The Bertz CT molecular complexity index is 364. The van der Waals surface area contributed by atoms with E-state index in [2.05, 4.69) is 35.6 Å². The van der Waals surface area contributed by atoms with Gasteiger partial charge in [-0.05, 0) is 34.1 Å². The summed E-state index contributed by atoms with van der Waals surface area (Å²) in [4.78, 5) is 11.1. The van der Waals surface area contributed by atoms with E-state index in [1.807, 2.05) is 13.8 Å².